The lowest BCUT2D eigenvalue weighted by Gasteiger charge is -2.31. The molecule has 0 spiro atoms. The lowest BCUT2D eigenvalue weighted by atomic mass is 9.78. The van der Waals surface area contributed by atoms with E-state index in [4.69, 9.17) is 4.74 Å². The molecule has 182 valence electrons. The standard InChI is InChI=1S/C24H20F3N3O4S/c1-13-7-9-14(10-8-13)19-15(11-28)22(30-21(32)20(19)23(33)34-2)35-12-18(31)29-17-6-4-3-5-16(17)24(25,26)27/h3-10,19-20H,12H2,1-2H3,(H,29,31)(H,30,32)/t19-,20+/m0/s1. The van der Waals surface area contributed by atoms with Crippen LogP contribution in [0.1, 0.15) is 22.6 Å². The number of ether oxygens (including phenoxy) is 1. The number of hydrogen-bond acceptors (Lipinski definition) is 6. The second kappa shape index (κ2) is 10.7. The lowest BCUT2D eigenvalue weighted by molar-refractivity contribution is -0.150. The first-order valence-electron chi connectivity index (χ1n) is 10.2. The van der Waals surface area contributed by atoms with E-state index in [-0.39, 0.29) is 10.6 Å². The van der Waals surface area contributed by atoms with Gasteiger partial charge in [-0.1, -0.05) is 53.7 Å². The number of nitrogens with one attached hydrogen (secondary N) is 2. The summed E-state index contributed by atoms with van der Waals surface area (Å²) in [5, 5.41) is 14.6. The number of halogens is 3. The van der Waals surface area contributed by atoms with Gasteiger partial charge in [-0.05, 0) is 24.6 Å². The zero-order chi connectivity index (χ0) is 25.8. The molecule has 0 aliphatic carbocycles. The molecular weight excluding hydrogens is 483 g/mol. The molecule has 2 aromatic rings. The third kappa shape index (κ3) is 5.84. The van der Waals surface area contributed by atoms with Gasteiger partial charge in [0.05, 0.1) is 40.8 Å². The molecule has 2 atom stereocenters. The number of amides is 2. The van der Waals surface area contributed by atoms with Gasteiger partial charge in [-0.15, -0.1) is 0 Å². The number of methoxy groups -OCH3 is 1. The Kier molecular flexibility index (Phi) is 7.86. The quantitative estimate of drug-likeness (QED) is 0.454. The highest BCUT2D eigenvalue weighted by Crippen LogP contribution is 2.40. The van der Waals surface area contributed by atoms with Crippen LogP contribution in [0.25, 0.3) is 0 Å². The van der Waals surface area contributed by atoms with E-state index in [2.05, 4.69) is 10.6 Å². The monoisotopic (exact) mass is 503 g/mol. The SMILES string of the molecule is COC(=O)[C@H]1C(=O)NC(SCC(=O)Nc2ccccc2C(F)(F)F)=C(C#N)[C@@H]1c1ccc(C)cc1. The molecule has 11 heteroatoms. The number of benzene rings is 2. The van der Waals surface area contributed by atoms with Crippen molar-refractivity contribution in [2.24, 2.45) is 5.92 Å². The van der Waals surface area contributed by atoms with Crippen LogP contribution in [0.3, 0.4) is 0 Å². The van der Waals surface area contributed by atoms with E-state index in [1.54, 1.807) is 24.3 Å². The number of nitrogens with zero attached hydrogens (tertiary/aromatic N) is 1. The zero-order valence-electron chi connectivity index (χ0n) is 18.6. The number of anilines is 1. The molecule has 7 nitrogen and oxygen atoms in total. The largest absolute Gasteiger partial charge is 0.468 e. The van der Waals surface area contributed by atoms with Gasteiger partial charge in [0.15, 0.2) is 0 Å². The Morgan fingerprint density at radius 3 is 2.43 bits per heavy atom. The number of aryl methyl sites for hydroxylation is 1. The summed E-state index contributed by atoms with van der Waals surface area (Å²) in [5.41, 5.74) is 0.0885. The maximum absolute atomic E-state index is 13.2. The van der Waals surface area contributed by atoms with Crippen molar-refractivity contribution in [2.75, 3.05) is 18.2 Å². The minimum atomic E-state index is -4.66. The molecule has 0 fully saturated rings. The van der Waals surface area contributed by atoms with Gasteiger partial charge in [0.1, 0.15) is 5.92 Å². The van der Waals surface area contributed by atoms with E-state index >= 15 is 0 Å². The number of allylic oxidation sites excluding steroid dienone is 1. The Bertz CT molecular complexity index is 1220. The van der Waals surface area contributed by atoms with E-state index in [0.29, 0.717) is 5.56 Å². The van der Waals surface area contributed by atoms with Gasteiger partial charge < -0.3 is 15.4 Å². The number of esters is 1. The molecule has 0 unspecified atom stereocenters. The zero-order valence-corrected chi connectivity index (χ0v) is 19.4. The van der Waals surface area contributed by atoms with Crippen molar-refractivity contribution < 1.29 is 32.3 Å². The molecular formula is C24H20F3N3O4S. The van der Waals surface area contributed by atoms with Crippen molar-refractivity contribution in [3.05, 3.63) is 75.8 Å². The summed E-state index contributed by atoms with van der Waals surface area (Å²) in [6.07, 6.45) is -4.66. The summed E-state index contributed by atoms with van der Waals surface area (Å²) >= 11 is 0.777. The smallest absolute Gasteiger partial charge is 0.418 e. The summed E-state index contributed by atoms with van der Waals surface area (Å²) in [5.74, 6) is -4.99. The van der Waals surface area contributed by atoms with Crippen LogP contribution in [0.4, 0.5) is 18.9 Å². The fraction of sp³-hybridized carbons (Fsp3) is 0.250. The predicted molar refractivity (Wildman–Crippen MR) is 123 cm³/mol. The number of nitriles is 1. The van der Waals surface area contributed by atoms with Gasteiger partial charge in [0.2, 0.25) is 11.8 Å². The van der Waals surface area contributed by atoms with Gasteiger partial charge >= 0.3 is 12.1 Å². The first-order chi connectivity index (χ1) is 16.6. The summed E-state index contributed by atoms with van der Waals surface area (Å²) in [6.45, 7) is 1.85. The fourth-order valence-corrected chi connectivity index (χ4v) is 4.47. The highest BCUT2D eigenvalue weighted by molar-refractivity contribution is 8.03. The molecule has 2 amide bonds. The Morgan fingerprint density at radius 2 is 1.83 bits per heavy atom. The molecule has 0 radical (unpaired) electrons. The van der Waals surface area contributed by atoms with Crippen LogP contribution in [0.2, 0.25) is 0 Å². The minimum absolute atomic E-state index is 0.0392. The van der Waals surface area contributed by atoms with Gasteiger partial charge in [-0.3, -0.25) is 14.4 Å². The molecule has 1 heterocycles. The van der Waals surface area contributed by atoms with Gasteiger partial charge in [0.25, 0.3) is 0 Å². The van der Waals surface area contributed by atoms with Crippen LogP contribution in [0, 0.1) is 24.2 Å². The third-order valence-corrected chi connectivity index (χ3v) is 6.29. The number of thioether (sulfide) groups is 1. The molecule has 35 heavy (non-hydrogen) atoms. The number of carbonyl (C=O) groups excluding carboxylic acids is 3. The van der Waals surface area contributed by atoms with Crippen LogP contribution < -0.4 is 10.6 Å². The van der Waals surface area contributed by atoms with E-state index in [0.717, 1.165) is 36.6 Å². The maximum atomic E-state index is 13.2. The maximum Gasteiger partial charge on any atom is 0.418 e. The molecule has 2 N–H and O–H groups in total. The third-order valence-electron chi connectivity index (χ3n) is 5.27. The first kappa shape index (κ1) is 25.8. The number of hydrogen-bond donors (Lipinski definition) is 2. The van der Waals surface area contributed by atoms with Crippen LogP contribution in [0.5, 0.6) is 0 Å². The van der Waals surface area contributed by atoms with Crippen LogP contribution in [-0.4, -0.2) is 30.6 Å². The van der Waals surface area contributed by atoms with Crippen molar-refractivity contribution in [3.63, 3.8) is 0 Å². The van der Waals surface area contributed by atoms with Crippen LogP contribution >= 0.6 is 11.8 Å². The van der Waals surface area contributed by atoms with Crippen molar-refractivity contribution in [1.29, 1.82) is 5.26 Å². The van der Waals surface area contributed by atoms with Crippen molar-refractivity contribution in [3.8, 4) is 6.07 Å². The minimum Gasteiger partial charge on any atom is -0.468 e. The topological polar surface area (TPSA) is 108 Å². The summed E-state index contributed by atoms with van der Waals surface area (Å²) in [6, 6.07) is 13.5. The highest BCUT2D eigenvalue weighted by Gasteiger charge is 2.44. The summed E-state index contributed by atoms with van der Waals surface area (Å²) in [7, 11) is 1.13. The fourth-order valence-electron chi connectivity index (χ4n) is 3.62. The first-order valence-corrected chi connectivity index (χ1v) is 11.2. The van der Waals surface area contributed by atoms with Crippen molar-refractivity contribution in [2.45, 2.75) is 19.0 Å². The van der Waals surface area contributed by atoms with E-state index in [1.807, 2.05) is 13.0 Å². The predicted octanol–water partition coefficient (Wildman–Crippen LogP) is 4.12. The molecule has 3 rings (SSSR count). The molecule has 1 aliphatic rings. The van der Waals surface area contributed by atoms with Gasteiger partial charge in [-0.2, -0.15) is 18.4 Å². The summed E-state index contributed by atoms with van der Waals surface area (Å²) < 4.78 is 44.3. The molecule has 0 saturated carbocycles. The number of rotatable bonds is 6. The average molecular weight is 504 g/mol. The number of carbonyl (C=O) groups is 3. The van der Waals surface area contributed by atoms with Crippen molar-refractivity contribution in [1.82, 2.24) is 5.32 Å². The van der Waals surface area contributed by atoms with E-state index in [1.165, 1.54) is 12.1 Å². The molecule has 0 aromatic heterocycles. The lowest BCUT2D eigenvalue weighted by Crippen LogP contribution is -2.44. The normalized spacial score (nSPS) is 17.9. The summed E-state index contributed by atoms with van der Waals surface area (Å²) in [4.78, 5) is 37.6. The van der Waals surface area contributed by atoms with Crippen LogP contribution in [-0.2, 0) is 25.3 Å². The Hall–Kier alpha value is -3.78. The number of para-hydroxylation sites is 1. The van der Waals surface area contributed by atoms with E-state index in [9.17, 15) is 32.8 Å². The molecule has 0 bridgehead atoms. The molecule has 2 aromatic carbocycles. The average Bonchev–Trinajstić information content (AvgIpc) is 2.82. The van der Waals surface area contributed by atoms with Gasteiger partial charge in [0, 0.05) is 5.92 Å². The highest BCUT2D eigenvalue weighted by atomic mass is 32.2. The van der Waals surface area contributed by atoms with Gasteiger partial charge in [-0.25, -0.2) is 0 Å². The molecule has 1 aliphatic heterocycles. The number of alkyl halides is 3. The second-order valence-corrected chi connectivity index (χ2v) is 8.60. The van der Waals surface area contributed by atoms with Crippen LogP contribution in [0.15, 0.2) is 59.1 Å². The second-order valence-electron chi connectivity index (χ2n) is 7.61. The van der Waals surface area contributed by atoms with Crippen molar-refractivity contribution >= 4 is 35.2 Å². The molecule has 0 saturated heterocycles. The van der Waals surface area contributed by atoms with E-state index < -0.39 is 52.8 Å². The Balaban J connectivity index is 1.89. The Morgan fingerprint density at radius 1 is 1.17 bits per heavy atom. The Labute approximate surface area is 203 Å².